The van der Waals surface area contributed by atoms with Crippen LogP contribution in [0, 0.1) is 40.4 Å². The van der Waals surface area contributed by atoms with Crippen LogP contribution in [0.2, 0.25) is 0 Å². The molecule has 5 saturated heterocycles. The molecule has 360 valence electrons. The second-order valence-corrected chi connectivity index (χ2v) is 21.4. The summed E-state index contributed by atoms with van der Waals surface area (Å²) >= 11 is 0. The molecule has 26 atom stereocenters. The first kappa shape index (κ1) is 47.1. The van der Waals surface area contributed by atoms with Crippen LogP contribution in [0.3, 0.4) is 0 Å². The Balaban J connectivity index is 0.847. The van der Waals surface area contributed by atoms with Gasteiger partial charge in [0.1, 0.15) is 67.1 Å². The SMILES string of the molecule is CC1OC(OC2C(OC3CCC4(C)C(=CCC5C4CCC4(C)C5CC5OC6(CCC(C)(COC7OC(CO)C(O)C(O)C7O)O6)C(C)C54)C3)OC(CO)C(O)C2O)C(O)C(O)C1O. The van der Waals surface area contributed by atoms with Gasteiger partial charge >= 0.3 is 0 Å². The molecule has 0 radical (unpaired) electrons. The normalized spacial score (nSPS) is 57.9. The smallest absolute Gasteiger partial charge is 0.187 e. The fourth-order valence-electron chi connectivity index (χ4n) is 14.1. The number of allylic oxidation sites excluding steroid dienone is 1. The van der Waals surface area contributed by atoms with Crippen LogP contribution < -0.4 is 0 Å². The lowest BCUT2D eigenvalue weighted by atomic mass is 9.47. The van der Waals surface area contributed by atoms with Gasteiger partial charge in [0.25, 0.3) is 0 Å². The third-order valence-electron chi connectivity index (χ3n) is 17.8. The Hall–Kier alpha value is -0.980. The highest BCUT2D eigenvalue weighted by Crippen LogP contribution is 2.71. The van der Waals surface area contributed by atoms with Crippen molar-refractivity contribution >= 4 is 0 Å². The molecule has 0 aromatic rings. The standard InChI is InChI=1S/C45H72O18/c1-19-29-26(62-45(19)13-12-42(3,63-45)18-56-39-36(54)34(52)31(49)27(16-46)59-39)15-25-23-7-6-21-14-22(8-10-43(21,4)24(23)9-11-44(25,29)5)58-41-38(35(53)32(50)28(17-47)60-41)61-40-37(55)33(51)30(48)20(2)57-40/h6,19-20,22-41,46-55H,7-18H2,1-5H3. The molecule has 63 heavy (non-hydrogen) atoms. The third kappa shape index (κ3) is 7.71. The second-order valence-electron chi connectivity index (χ2n) is 21.4. The van der Waals surface area contributed by atoms with E-state index >= 15 is 0 Å². The van der Waals surface area contributed by atoms with E-state index in [0.717, 1.165) is 32.1 Å². The van der Waals surface area contributed by atoms with Gasteiger partial charge in [-0.2, -0.15) is 0 Å². The summed E-state index contributed by atoms with van der Waals surface area (Å²) in [5, 5.41) is 104. The first-order valence-corrected chi connectivity index (χ1v) is 23.4. The van der Waals surface area contributed by atoms with Crippen molar-refractivity contribution < 1.29 is 89.0 Å². The highest BCUT2D eigenvalue weighted by atomic mass is 16.8. The second kappa shape index (κ2) is 17.2. The maximum Gasteiger partial charge on any atom is 0.187 e. The molecule has 0 bridgehead atoms. The van der Waals surface area contributed by atoms with Crippen LogP contribution >= 0.6 is 0 Å². The van der Waals surface area contributed by atoms with Crippen molar-refractivity contribution in [2.45, 2.75) is 208 Å². The highest BCUT2D eigenvalue weighted by molar-refractivity contribution is 5.26. The lowest BCUT2D eigenvalue weighted by Crippen LogP contribution is -2.64. The first-order chi connectivity index (χ1) is 29.8. The Morgan fingerprint density at radius 1 is 0.683 bits per heavy atom. The number of aliphatic hydroxyl groups excluding tert-OH is 10. The van der Waals surface area contributed by atoms with Crippen molar-refractivity contribution in [2.24, 2.45) is 40.4 Å². The summed E-state index contributed by atoms with van der Waals surface area (Å²) in [7, 11) is 0. The van der Waals surface area contributed by atoms with Crippen LogP contribution in [0.15, 0.2) is 11.6 Å². The molecule has 3 saturated carbocycles. The van der Waals surface area contributed by atoms with E-state index in [2.05, 4.69) is 26.8 Å². The summed E-state index contributed by atoms with van der Waals surface area (Å²) < 4.78 is 49.7. The fourth-order valence-corrected chi connectivity index (χ4v) is 14.1. The van der Waals surface area contributed by atoms with Gasteiger partial charge < -0.3 is 89.0 Å². The van der Waals surface area contributed by atoms with Crippen LogP contribution in [0.5, 0.6) is 0 Å². The average molecular weight is 901 g/mol. The highest BCUT2D eigenvalue weighted by Gasteiger charge is 2.70. The van der Waals surface area contributed by atoms with Crippen molar-refractivity contribution in [3.63, 3.8) is 0 Å². The van der Waals surface area contributed by atoms with E-state index in [1.54, 1.807) is 0 Å². The van der Waals surface area contributed by atoms with Crippen LogP contribution in [0.25, 0.3) is 0 Å². The predicted octanol–water partition coefficient (Wildman–Crippen LogP) is -0.671. The van der Waals surface area contributed by atoms with Gasteiger partial charge in [-0.25, -0.2) is 0 Å². The molecular formula is C45H72O18. The zero-order valence-electron chi connectivity index (χ0n) is 37.0. The molecule has 5 aliphatic heterocycles. The van der Waals surface area contributed by atoms with E-state index < -0.39 is 117 Å². The third-order valence-corrected chi connectivity index (χ3v) is 17.8. The Kier molecular flexibility index (Phi) is 12.9. The lowest BCUT2D eigenvalue weighted by molar-refractivity contribution is -0.369. The minimum absolute atomic E-state index is 0.0451. The average Bonchev–Trinajstić information content (AvgIpc) is 3.86. The summed E-state index contributed by atoms with van der Waals surface area (Å²) in [5.74, 6) is 1.06. The minimum Gasteiger partial charge on any atom is -0.394 e. The molecule has 1 spiro atoms. The molecule has 0 amide bonds. The molecule has 9 aliphatic rings. The molecular weight excluding hydrogens is 828 g/mol. The van der Waals surface area contributed by atoms with Gasteiger partial charge in [-0.15, -0.1) is 0 Å². The zero-order valence-corrected chi connectivity index (χ0v) is 37.0. The van der Waals surface area contributed by atoms with Gasteiger partial charge in [-0.1, -0.05) is 32.4 Å². The fraction of sp³-hybridized carbons (Fsp3) is 0.956. The summed E-state index contributed by atoms with van der Waals surface area (Å²) in [5.41, 5.74) is 0.588. The van der Waals surface area contributed by atoms with E-state index in [1.807, 2.05) is 6.92 Å². The van der Waals surface area contributed by atoms with Crippen molar-refractivity contribution in [3.05, 3.63) is 11.6 Å². The number of hydrogen-bond acceptors (Lipinski definition) is 18. The molecule has 8 fully saturated rings. The van der Waals surface area contributed by atoms with E-state index in [1.165, 1.54) is 12.5 Å². The molecule has 10 N–H and O–H groups in total. The van der Waals surface area contributed by atoms with Gasteiger partial charge in [0.05, 0.1) is 43.7 Å². The number of fused-ring (bicyclic) bond motifs is 7. The van der Waals surface area contributed by atoms with E-state index in [-0.39, 0.29) is 35.6 Å². The minimum atomic E-state index is -1.65. The first-order valence-electron chi connectivity index (χ1n) is 23.4. The summed E-state index contributed by atoms with van der Waals surface area (Å²) in [6.07, 6.45) is -10.8. The Bertz CT molecular complexity index is 1670. The van der Waals surface area contributed by atoms with Crippen LogP contribution in [-0.2, 0) is 37.9 Å². The van der Waals surface area contributed by atoms with E-state index in [9.17, 15) is 51.1 Å². The lowest BCUT2D eigenvalue weighted by Gasteiger charge is -2.58. The Labute approximate surface area is 368 Å². The quantitative estimate of drug-likeness (QED) is 0.129. The van der Waals surface area contributed by atoms with Crippen molar-refractivity contribution in [1.29, 1.82) is 0 Å². The molecule has 0 aromatic heterocycles. The van der Waals surface area contributed by atoms with E-state index in [4.69, 9.17) is 37.9 Å². The molecule has 4 aliphatic carbocycles. The Morgan fingerprint density at radius 2 is 1.35 bits per heavy atom. The van der Waals surface area contributed by atoms with Gasteiger partial charge in [0, 0.05) is 12.3 Å². The molecule has 18 heteroatoms. The van der Waals surface area contributed by atoms with Crippen LogP contribution in [0.4, 0.5) is 0 Å². The molecule has 0 aromatic carbocycles. The summed E-state index contributed by atoms with van der Waals surface area (Å²) in [6, 6.07) is 0. The van der Waals surface area contributed by atoms with Gasteiger partial charge in [0.15, 0.2) is 24.7 Å². The zero-order chi connectivity index (χ0) is 45.1. The summed E-state index contributed by atoms with van der Waals surface area (Å²) in [4.78, 5) is 0. The maximum atomic E-state index is 11.2. The number of ether oxygens (including phenoxy) is 8. The van der Waals surface area contributed by atoms with Crippen molar-refractivity contribution in [3.8, 4) is 0 Å². The molecule has 18 nitrogen and oxygen atoms in total. The van der Waals surface area contributed by atoms with Crippen molar-refractivity contribution in [2.75, 3.05) is 19.8 Å². The number of aliphatic hydroxyl groups is 10. The largest absolute Gasteiger partial charge is 0.394 e. The Morgan fingerprint density at radius 3 is 2.06 bits per heavy atom. The molecule has 9 rings (SSSR count). The predicted molar refractivity (Wildman–Crippen MR) is 216 cm³/mol. The topological polar surface area (TPSA) is 276 Å². The monoisotopic (exact) mass is 900 g/mol. The molecule has 26 unspecified atom stereocenters. The van der Waals surface area contributed by atoms with Gasteiger partial charge in [0.2, 0.25) is 0 Å². The van der Waals surface area contributed by atoms with Crippen molar-refractivity contribution in [1.82, 2.24) is 0 Å². The molecule has 5 heterocycles. The van der Waals surface area contributed by atoms with Crippen LogP contribution in [0.1, 0.15) is 92.4 Å². The summed E-state index contributed by atoms with van der Waals surface area (Å²) in [6.45, 7) is 9.57. The van der Waals surface area contributed by atoms with Crippen LogP contribution in [-0.4, -0.2) is 187 Å². The van der Waals surface area contributed by atoms with Gasteiger partial charge in [-0.3, -0.25) is 0 Å². The number of rotatable bonds is 9. The van der Waals surface area contributed by atoms with Gasteiger partial charge in [-0.05, 0) is 99.7 Å². The van der Waals surface area contributed by atoms with E-state index in [0.29, 0.717) is 49.4 Å². The maximum absolute atomic E-state index is 11.2. The number of hydrogen-bond donors (Lipinski definition) is 10.